The fourth-order valence-electron chi connectivity index (χ4n) is 1.48. The maximum Gasteiger partial charge on any atom is 0.294 e. The van der Waals surface area contributed by atoms with Crippen LogP contribution in [0.15, 0.2) is 53.7 Å². The first-order valence-corrected chi connectivity index (χ1v) is 8.01. The summed E-state index contributed by atoms with van der Waals surface area (Å²) in [4.78, 5) is 3.86. The molecule has 2 rings (SSSR count). The molecule has 2 N–H and O–H groups in total. The molecule has 0 fully saturated rings. The fraction of sp³-hybridized carbons (Fsp3) is 0.267. The minimum absolute atomic E-state index is 0.0666. The van der Waals surface area contributed by atoms with Crippen LogP contribution in [0.4, 0.5) is 0 Å². The smallest absolute Gasteiger partial charge is 0.294 e. The number of aromatic nitrogens is 1. The molecule has 0 atom stereocenters. The number of pyridine rings is 1. The molecule has 5 nitrogen and oxygen atoms in total. The minimum Gasteiger partial charge on any atom is -0.313 e. The number of aryl methyl sites for hydroxylation is 1. The van der Waals surface area contributed by atoms with Crippen LogP contribution in [0, 0.1) is 6.92 Å². The van der Waals surface area contributed by atoms with Gasteiger partial charge in [0, 0.05) is 18.9 Å². The van der Waals surface area contributed by atoms with Gasteiger partial charge in [0.15, 0.2) is 0 Å². The van der Waals surface area contributed by atoms with Gasteiger partial charge in [-0.25, -0.2) is 0 Å². The Morgan fingerprint density at radius 1 is 1.10 bits per heavy atom. The average Bonchev–Trinajstić information content (AvgIpc) is 2.46. The normalized spacial score (nSPS) is 10.6. The number of hydrogen-bond acceptors (Lipinski definition) is 4. The third kappa shape index (κ3) is 6.99. The van der Waals surface area contributed by atoms with Crippen LogP contribution >= 0.6 is 0 Å². The Kier molecular flexibility index (Phi) is 7.01. The van der Waals surface area contributed by atoms with Crippen LogP contribution < -0.4 is 5.32 Å². The number of nitrogens with zero attached hydrogens (tertiary/aromatic N) is 1. The third-order valence-corrected chi connectivity index (χ3v) is 3.52. The highest BCUT2D eigenvalue weighted by Crippen LogP contribution is 2.08. The zero-order valence-corrected chi connectivity index (χ0v) is 13.0. The van der Waals surface area contributed by atoms with E-state index in [0.29, 0.717) is 0 Å². The summed E-state index contributed by atoms with van der Waals surface area (Å²) in [5, 5.41) is 3.24. The molecule has 1 heterocycles. The SMILES string of the molecule is CCNCc1ccncc1.Cc1ccc(S(=O)(=O)O)cc1. The lowest BCUT2D eigenvalue weighted by molar-refractivity contribution is 0.483. The van der Waals surface area contributed by atoms with E-state index in [9.17, 15) is 8.42 Å². The summed E-state index contributed by atoms with van der Waals surface area (Å²) in [5.74, 6) is 0. The van der Waals surface area contributed by atoms with Crippen LogP contribution in [0.3, 0.4) is 0 Å². The van der Waals surface area contributed by atoms with Crippen molar-refractivity contribution in [1.29, 1.82) is 0 Å². The van der Waals surface area contributed by atoms with E-state index in [2.05, 4.69) is 17.2 Å². The summed E-state index contributed by atoms with van der Waals surface area (Å²) in [7, 11) is -4.02. The van der Waals surface area contributed by atoms with Gasteiger partial charge in [0.2, 0.25) is 0 Å². The maximum absolute atomic E-state index is 10.5. The molecule has 1 aromatic heterocycles. The Hall–Kier alpha value is -1.76. The lowest BCUT2D eigenvalue weighted by Crippen LogP contribution is -2.11. The summed E-state index contributed by atoms with van der Waals surface area (Å²) in [6, 6.07) is 10.0. The predicted octanol–water partition coefficient (Wildman–Crippen LogP) is 2.43. The van der Waals surface area contributed by atoms with Crippen LogP contribution in [0.2, 0.25) is 0 Å². The van der Waals surface area contributed by atoms with Crippen LogP contribution in [-0.2, 0) is 16.7 Å². The van der Waals surface area contributed by atoms with E-state index >= 15 is 0 Å². The molecular formula is C15H20N2O3S. The molecule has 0 radical (unpaired) electrons. The molecule has 114 valence electrons. The highest BCUT2D eigenvalue weighted by Gasteiger charge is 2.06. The summed E-state index contributed by atoms with van der Waals surface area (Å²) < 4.78 is 29.6. The quantitative estimate of drug-likeness (QED) is 0.848. The van der Waals surface area contributed by atoms with Gasteiger partial charge in [-0.05, 0) is 43.3 Å². The molecule has 0 unspecified atom stereocenters. The van der Waals surface area contributed by atoms with E-state index in [0.717, 1.165) is 18.7 Å². The molecule has 21 heavy (non-hydrogen) atoms. The Labute approximate surface area is 125 Å². The van der Waals surface area contributed by atoms with Crippen molar-refractivity contribution in [3.63, 3.8) is 0 Å². The summed E-state index contributed by atoms with van der Waals surface area (Å²) in [6.07, 6.45) is 3.62. The lowest BCUT2D eigenvalue weighted by Gasteiger charge is -1.98. The van der Waals surface area contributed by atoms with Gasteiger partial charge >= 0.3 is 0 Å². The van der Waals surface area contributed by atoms with Gasteiger partial charge in [-0.3, -0.25) is 9.54 Å². The van der Waals surface area contributed by atoms with Gasteiger partial charge in [-0.15, -0.1) is 0 Å². The van der Waals surface area contributed by atoms with Crippen molar-refractivity contribution in [2.75, 3.05) is 6.54 Å². The largest absolute Gasteiger partial charge is 0.313 e. The topological polar surface area (TPSA) is 79.3 Å². The van der Waals surface area contributed by atoms with Crippen LogP contribution in [0.5, 0.6) is 0 Å². The van der Waals surface area contributed by atoms with Crippen LogP contribution in [0.1, 0.15) is 18.1 Å². The van der Waals surface area contributed by atoms with E-state index in [4.69, 9.17) is 4.55 Å². The van der Waals surface area contributed by atoms with E-state index in [1.54, 1.807) is 12.1 Å². The molecule has 1 aromatic carbocycles. The van der Waals surface area contributed by atoms with Crippen LogP contribution in [-0.4, -0.2) is 24.5 Å². The van der Waals surface area contributed by atoms with Crippen molar-refractivity contribution in [1.82, 2.24) is 10.3 Å². The van der Waals surface area contributed by atoms with Gasteiger partial charge in [0.05, 0.1) is 4.90 Å². The second-order valence-electron chi connectivity index (χ2n) is 4.42. The molecule has 0 saturated carbocycles. The highest BCUT2D eigenvalue weighted by atomic mass is 32.2. The second kappa shape index (κ2) is 8.51. The Morgan fingerprint density at radius 3 is 2.14 bits per heavy atom. The number of rotatable bonds is 4. The van der Waals surface area contributed by atoms with Crippen molar-refractivity contribution < 1.29 is 13.0 Å². The molecule has 0 saturated heterocycles. The Bertz CT molecular complexity index is 626. The van der Waals surface area contributed by atoms with Crippen molar-refractivity contribution >= 4 is 10.1 Å². The van der Waals surface area contributed by atoms with E-state index < -0.39 is 10.1 Å². The zero-order chi connectivity index (χ0) is 15.7. The van der Waals surface area contributed by atoms with Crippen molar-refractivity contribution in [3.05, 3.63) is 59.9 Å². The zero-order valence-electron chi connectivity index (χ0n) is 12.2. The molecule has 0 spiro atoms. The highest BCUT2D eigenvalue weighted by molar-refractivity contribution is 7.85. The molecule has 0 aliphatic rings. The fourth-order valence-corrected chi connectivity index (χ4v) is 1.96. The first-order valence-electron chi connectivity index (χ1n) is 6.57. The van der Waals surface area contributed by atoms with Crippen molar-refractivity contribution in [2.45, 2.75) is 25.3 Å². The van der Waals surface area contributed by atoms with Crippen molar-refractivity contribution in [2.24, 2.45) is 0 Å². The molecule has 2 aromatic rings. The summed E-state index contributed by atoms with van der Waals surface area (Å²) in [5.41, 5.74) is 2.24. The van der Waals surface area contributed by atoms with E-state index in [1.807, 2.05) is 31.5 Å². The second-order valence-corrected chi connectivity index (χ2v) is 5.85. The summed E-state index contributed by atoms with van der Waals surface area (Å²) in [6.45, 7) is 5.90. The van der Waals surface area contributed by atoms with Crippen molar-refractivity contribution in [3.8, 4) is 0 Å². The Balaban J connectivity index is 0.000000211. The van der Waals surface area contributed by atoms with E-state index in [-0.39, 0.29) is 4.90 Å². The lowest BCUT2D eigenvalue weighted by atomic mass is 10.2. The standard InChI is InChI=1S/C8H12N2.C7H8O3S/c1-2-9-7-8-3-5-10-6-4-8;1-6-2-4-7(5-3-6)11(8,9)10/h3-6,9H,2,7H2,1H3;2-5H,1H3,(H,8,9,10). The molecule has 0 aliphatic heterocycles. The number of benzene rings is 1. The van der Waals surface area contributed by atoms with Gasteiger partial charge in [-0.1, -0.05) is 24.6 Å². The maximum atomic E-state index is 10.5. The van der Waals surface area contributed by atoms with E-state index in [1.165, 1.54) is 17.7 Å². The van der Waals surface area contributed by atoms with Crippen LogP contribution in [0.25, 0.3) is 0 Å². The molecule has 0 bridgehead atoms. The molecule has 0 amide bonds. The first-order chi connectivity index (χ1) is 9.93. The Morgan fingerprint density at radius 2 is 1.67 bits per heavy atom. The molecule has 0 aliphatic carbocycles. The monoisotopic (exact) mass is 308 g/mol. The first kappa shape index (κ1) is 17.3. The number of nitrogens with one attached hydrogen (secondary N) is 1. The number of hydrogen-bond donors (Lipinski definition) is 2. The summed E-state index contributed by atoms with van der Waals surface area (Å²) >= 11 is 0. The predicted molar refractivity (Wildman–Crippen MR) is 82.6 cm³/mol. The van der Waals surface area contributed by atoms with Gasteiger partial charge in [0.25, 0.3) is 10.1 Å². The minimum atomic E-state index is -4.02. The molecular weight excluding hydrogens is 288 g/mol. The van der Waals surface area contributed by atoms with Gasteiger partial charge in [0.1, 0.15) is 0 Å². The van der Waals surface area contributed by atoms with Gasteiger partial charge in [-0.2, -0.15) is 8.42 Å². The third-order valence-electron chi connectivity index (χ3n) is 2.65. The molecule has 6 heteroatoms. The average molecular weight is 308 g/mol. The van der Waals surface area contributed by atoms with Gasteiger partial charge < -0.3 is 5.32 Å².